The van der Waals surface area contributed by atoms with E-state index >= 15 is 0 Å². The molecule has 3 N–H and O–H groups in total. The summed E-state index contributed by atoms with van der Waals surface area (Å²) < 4.78 is 8.24. The number of benzene rings is 1. The number of hydrazine groups is 2. The van der Waals surface area contributed by atoms with E-state index in [1.807, 2.05) is 35.1 Å². The maximum absolute atomic E-state index is 12.1. The highest BCUT2D eigenvalue weighted by Crippen LogP contribution is 2.52. The van der Waals surface area contributed by atoms with Gasteiger partial charge in [-0.2, -0.15) is 5.10 Å². The first-order chi connectivity index (χ1) is 18.1. The van der Waals surface area contributed by atoms with Gasteiger partial charge >= 0.3 is 5.97 Å². The van der Waals surface area contributed by atoms with Crippen LogP contribution >= 0.6 is 0 Å². The Morgan fingerprint density at radius 2 is 1.97 bits per heavy atom. The second-order valence-corrected chi connectivity index (χ2v) is 11.1. The van der Waals surface area contributed by atoms with Gasteiger partial charge in [-0.3, -0.25) is 5.01 Å². The number of carboxylic acids is 1. The van der Waals surface area contributed by atoms with Crippen LogP contribution in [0.2, 0.25) is 0 Å². The summed E-state index contributed by atoms with van der Waals surface area (Å²) in [7, 11) is 1.93. The van der Waals surface area contributed by atoms with Gasteiger partial charge in [0.15, 0.2) is 0 Å². The van der Waals surface area contributed by atoms with E-state index in [1.165, 1.54) is 38.3 Å². The predicted molar refractivity (Wildman–Crippen MR) is 141 cm³/mol. The minimum atomic E-state index is -0.930. The van der Waals surface area contributed by atoms with Crippen molar-refractivity contribution < 1.29 is 14.6 Å². The Bertz CT molecular complexity index is 1160. The first-order valence-electron chi connectivity index (χ1n) is 13.8. The van der Waals surface area contributed by atoms with Gasteiger partial charge in [0, 0.05) is 56.2 Å². The SMILES string of the molecule is CN1C=C([C@@H]2C[C@H]2c2c(C(=O)O)cnn2-c2cccc(N3CCC[C@@H](OCC4CCCCC4)C3)c2)NN1. The molecule has 9 nitrogen and oxygen atoms in total. The van der Waals surface area contributed by atoms with E-state index in [9.17, 15) is 9.90 Å². The van der Waals surface area contributed by atoms with Crippen molar-refractivity contribution in [2.45, 2.75) is 63.4 Å². The molecule has 0 amide bonds. The summed E-state index contributed by atoms with van der Waals surface area (Å²) in [4.78, 5) is 14.5. The van der Waals surface area contributed by atoms with Gasteiger partial charge in [0.05, 0.1) is 23.7 Å². The molecule has 3 fully saturated rings. The molecular formula is C28H38N6O3. The van der Waals surface area contributed by atoms with Crippen LogP contribution in [-0.2, 0) is 4.74 Å². The van der Waals surface area contributed by atoms with Gasteiger partial charge in [-0.05, 0) is 56.2 Å². The molecule has 9 heteroatoms. The second-order valence-electron chi connectivity index (χ2n) is 11.1. The molecule has 2 aliphatic heterocycles. The summed E-state index contributed by atoms with van der Waals surface area (Å²) in [6.45, 7) is 2.80. The number of carbonyl (C=O) groups is 1. The van der Waals surface area contributed by atoms with Crippen LogP contribution in [0.1, 0.15) is 73.3 Å². The maximum atomic E-state index is 12.1. The number of nitrogens with zero attached hydrogens (tertiary/aromatic N) is 4. The molecule has 2 saturated carbocycles. The molecule has 0 spiro atoms. The van der Waals surface area contributed by atoms with Crippen molar-refractivity contribution in [3.05, 3.63) is 53.6 Å². The number of hydrogen-bond acceptors (Lipinski definition) is 7. The van der Waals surface area contributed by atoms with Crippen LogP contribution in [0, 0.1) is 11.8 Å². The Labute approximate surface area is 218 Å². The van der Waals surface area contributed by atoms with E-state index in [2.05, 4.69) is 33.1 Å². The minimum Gasteiger partial charge on any atom is -0.478 e. The van der Waals surface area contributed by atoms with E-state index in [0.29, 0.717) is 0 Å². The van der Waals surface area contributed by atoms with E-state index in [-0.39, 0.29) is 23.5 Å². The second kappa shape index (κ2) is 10.4. The first kappa shape index (κ1) is 24.3. The third-order valence-corrected chi connectivity index (χ3v) is 8.40. The topological polar surface area (TPSA) is 94.9 Å². The zero-order chi connectivity index (χ0) is 25.4. The van der Waals surface area contributed by atoms with Gasteiger partial charge in [-0.15, -0.1) is 5.53 Å². The number of anilines is 1. The molecule has 0 radical (unpaired) electrons. The lowest BCUT2D eigenvalue weighted by atomic mass is 9.90. The molecule has 0 bridgehead atoms. The number of hydrogen-bond donors (Lipinski definition) is 3. The summed E-state index contributed by atoms with van der Waals surface area (Å²) in [6.07, 6.45) is 13.6. The van der Waals surface area contributed by atoms with Crippen LogP contribution in [0.4, 0.5) is 5.69 Å². The van der Waals surface area contributed by atoms with Gasteiger partial charge < -0.3 is 20.2 Å². The first-order valence-corrected chi connectivity index (χ1v) is 13.8. The van der Waals surface area contributed by atoms with Gasteiger partial charge in [-0.25, -0.2) is 9.48 Å². The maximum Gasteiger partial charge on any atom is 0.339 e. The van der Waals surface area contributed by atoms with Crippen molar-refractivity contribution in [3.63, 3.8) is 0 Å². The van der Waals surface area contributed by atoms with Crippen molar-refractivity contribution in [3.8, 4) is 5.69 Å². The van der Waals surface area contributed by atoms with Crippen LogP contribution in [0.5, 0.6) is 0 Å². The fourth-order valence-electron chi connectivity index (χ4n) is 6.30. The van der Waals surface area contributed by atoms with Crippen LogP contribution in [0.3, 0.4) is 0 Å². The number of carboxylic acid groups (broad SMARTS) is 1. The monoisotopic (exact) mass is 506 g/mol. The molecule has 1 aromatic heterocycles. The zero-order valence-electron chi connectivity index (χ0n) is 21.6. The smallest absolute Gasteiger partial charge is 0.339 e. The molecule has 2 aliphatic carbocycles. The van der Waals surface area contributed by atoms with Crippen LogP contribution in [0.25, 0.3) is 5.69 Å². The summed E-state index contributed by atoms with van der Waals surface area (Å²) >= 11 is 0. The fraction of sp³-hybridized carbons (Fsp3) is 0.571. The van der Waals surface area contributed by atoms with E-state index in [4.69, 9.17) is 4.74 Å². The summed E-state index contributed by atoms with van der Waals surface area (Å²) in [5, 5.41) is 16.3. The average Bonchev–Trinajstić information content (AvgIpc) is 3.37. The Morgan fingerprint density at radius 3 is 2.76 bits per heavy atom. The number of nitrogens with one attached hydrogen (secondary N) is 2. The van der Waals surface area contributed by atoms with Crippen LogP contribution < -0.4 is 15.9 Å². The van der Waals surface area contributed by atoms with Crippen molar-refractivity contribution in [2.24, 2.45) is 11.8 Å². The van der Waals surface area contributed by atoms with Gasteiger partial charge in [-0.1, -0.05) is 25.3 Å². The minimum absolute atomic E-state index is 0.108. The number of ether oxygens (including phenoxy) is 1. The Balaban J connectivity index is 1.19. The Kier molecular flexibility index (Phi) is 6.82. The quantitative estimate of drug-likeness (QED) is 0.494. The van der Waals surface area contributed by atoms with Crippen molar-refractivity contribution in [2.75, 3.05) is 31.6 Å². The van der Waals surface area contributed by atoms with Gasteiger partial charge in [0.1, 0.15) is 5.56 Å². The molecule has 2 aromatic rings. The Hall–Kier alpha value is -3.04. The molecule has 1 saturated heterocycles. The largest absolute Gasteiger partial charge is 0.478 e. The molecule has 6 rings (SSSR count). The van der Waals surface area contributed by atoms with Crippen molar-refractivity contribution in [1.29, 1.82) is 0 Å². The predicted octanol–water partition coefficient (Wildman–Crippen LogP) is 4.04. The van der Waals surface area contributed by atoms with Crippen LogP contribution in [-0.4, -0.2) is 58.7 Å². The number of aromatic nitrogens is 2. The molecule has 0 unspecified atom stereocenters. The third kappa shape index (κ3) is 5.20. The lowest BCUT2D eigenvalue weighted by molar-refractivity contribution is 0.0136. The summed E-state index contributed by atoms with van der Waals surface area (Å²) in [5.41, 5.74) is 10.4. The molecule has 37 heavy (non-hydrogen) atoms. The molecule has 1 aromatic carbocycles. The third-order valence-electron chi connectivity index (χ3n) is 8.40. The lowest BCUT2D eigenvalue weighted by Crippen LogP contribution is -2.40. The molecule has 4 aliphatic rings. The molecule has 198 valence electrons. The number of piperidine rings is 1. The van der Waals surface area contributed by atoms with Crippen molar-refractivity contribution >= 4 is 11.7 Å². The lowest BCUT2D eigenvalue weighted by Gasteiger charge is -2.35. The Morgan fingerprint density at radius 1 is 1.14 bits per heavy atom. The average molecular weight is 507 g/mol. The highest BCUT2D eigenvalue weighted by Gasteiger charge is 2.46. The number of allylic oxidation sites excluding steroid dienone is 1. The highest BCUT2D eigenvalue weighted by molar-refractivity contribution is 5.89. The van der Waals surface area contributed by atoms with E-state index in [0.717, 1.165) is 67.6 Å². The summed E-state index contributed by atoms with van der Waals surface area (Å²) in [5.74, 6) is 0.155. The number of rotatable bonds is 8. The molecular weight excluding hydrogens is 468 g/mol. The fourth-order valence-corrected chi connectivity index (χ4v) is 6.30. The summed E-state index contributed by atoms with van der Waals surface area (Å²) in [6, 6.07) is 8.36. The standard InChI is InChI=1S/C28H38N6O3/c1-32-17-26(30-31-32)23-14-24(23)27-25(28(35)36)15-29-34(27)21-10-5-9-20(13-21)33-12-6-11-22(16-33)37-18-19-7-3-2-4-8-19/h5,9-10,13,15,17,19,22-24,30-31H,2-4,6-8,11-12,14,16,18H2,1H3,(H,35,36)/t22-,23-,24-/m1/s1. The van der Waals surface area contributed by atoms with Crippen molar-refractivity contribution in [1.82, 2.24) is 25.7 Å². The normalized spacial score (nSPS) is 26.2. The van der Waals surface area contributed by atoms with E-state index in [1.54, 1.807) is 0 Å². The highest BCUT2D eigenvalue weighted by atomic mass is 16.5. The zero-order valence-corrected chi connectivity index (χ0v) is 21.6. The molecule has 3 heterocycles. The van der Waals surface area contributed by atoms with Gasteiger partial charge in [0.25, 0.3) is 0 Å². The van der Waals surface area contributed by atoms with Crippen LogP contribution in [0.15, 0.2) is 42.4 Å². The molecule has 3 atom stereocenters. The van der Waals surface area contributed by atoms with Gasteiger partial charge in [0.2, 0.25) is 0 Å². The van der Waals surface area contributed by atoms with E-state index < -0.39 is 5.97 Å². The number of aromatic carboxylic acids is 1.